The van der Waals surface area contributed by atoms with Crippen molar-refractivity contribution in [2.75, 3.05) is 19.0 Å². The van der Waals surface area contributed by atoms with Crippen LogP contribution in [0.15, 0.2) is 23.4 Å². The minimum absolute atomic E-state index is 0.0875. The highest BCUT2D eigenvalue weighted by molar-refractivity contribution is 6.70. The predicted molar refractivity (Wildman–Crippen MR) is 65.0 cm³/mol. The second kappa shape index (κ2) is 4.99. The van der Waals surface area contributed by atoms with E-state index in [0.717, 1.165) is 5.69 Å². The molecule has 5 heteroatoms. The van der Waals surface area contributed by atoms with Gasteiger partial charge in [0.1, 0.15) is 0 Å². The van der Waals surface area contributed by atoms with Crippen LogP contribution in [0.5, 0.6) is 0 Å². The number of halogens is 1. The molecule has 1 rings (SSSR count). The number of rotatable bonds is 3. The molecule has 0 aliphatic rings. The summed E-state index contributed by atoms with van der Waals surface area (Å²) in [6, 6.07) is 5.18. The van der Waals surface area contributed by atoms with Crippen LogP contribution < -0.4 is 4.90 Å². The summed E-state index contributed by atoms with van der Waals surface area (Å²) in [5, 5.41) is 11.4. The van der Waals surface area contributed by atoms with Crippen LogP contribution in [0.4, 0.5) is 5.69 Å². The normalized spacial score (nSPS) is 11.4. The Bertz CT molecular complexity index is 442. The van der Waals surface area contributed by atoms with E-state index in [0.29, 0.717) is 11.1 Å². The van der Waals surface area contributed by atoms with Crippen molar-refractivity contribution in [1.29, 1.82) is 0 Å². The molecule has 0 saturated carbocycles. The van der Waals surface area contributed by atoms with Crippen molar-refractivity contribution in [3.63, 3.8) is 0 Å². The number of anilines is 1. The Kier molecular flexibility index (Phi) is 3.90. The molecule has 1 N–H and O–H groups in total. The quantitative estimate of drug-likeness (QED) is 0.382. The van der Waals surface area contributed by atoms with E-state index in [4.69, 9.17) is 16.8 Å². The third-order valence-electron chi connectivity index (χ3n) is 2.21. The van der Waals surface area contributed by atoms with Gasteiger partial charge in [0.25, 0.3) is 0 Å². The number of hydrogen-bond acceptors (Lipinski definition) is 4. The molecular weight excluding hydrogens is 228 g/mol. The van der Waals surface area contributed by atoms with Gasteiger partial charge in [0.2, 0.25) is 0 Å². The maximum absolute atomic E-state index is 11.4. The summed E-state index contributed by atoms with van der Waals surface area (Å²) >= 11 is 5.71. The zero-order chi connectivity index (χ0) is 12.3. The molecule has 4 nitrogen and oxygen atoms in total. The molecule has 1 aromatic carbocycles. The topological polar surface area (TPSA) is 52.9 Å². The average Bonchev–Trinajstić information content (AvgIpc) is 2.26. The van der Waals surface area contributed by atoms with Crippen molar-refractivity contribution in [2.45, 2.75) is 6.92 Å². The molecule has 0 unspecified atom stereocenters. The lowest BCUT2D eigenvalue weighted by atomic mass is 10.0. The van der Waals surface area contributed by atoms with Crippen molar-refractivity contribution in [3.05, 3.63) is 29.3 Å². The molecular formula is C11H13ClN2O2. The molecule has 0 aliphatic heterocycles. The summed E-state index contributed by atoms with van der Waals surface area (Å²) in [6.45, 7) is 1.44. The molecule has 0 heterocycles. The van der Waals surface area contributed by atoms with Crippen molar-refractivity contribution < 1.29 is 10.0 Å². The SMILES string of the molecule is CC(=O)c1cc(N(C)C)ccc1C(Cl)=NO. The van der Waals surface area contributed by atoms with Crippen molar-refractivity contribution in [3.8, 4) is 0 Å². The van der Waals surface area contributed by atoms with Crippen LogP contribution in [-0.4, -0.2) is 30.3 Å². The molecule has 0 aliphatic carbocycles. The first-order valence-electron chi connectivity index (χ1n) is 4.67. The van der Waals surface area contributed by atoms with Crippen molar-refractivity contribution in [1.82, 2.24) is 0 Å². The standard InChI is InChI=1S/C11H13ClN2O2/c1-7(15)10-6-8(14(2)3)4-5-9(10)11(12)13-16/h4-6,16H,1-3H3. The van der Waals surface area contributed by atoms with Crippen LogP contribution in [0.1, 0.15) is 22.8 Å². The Morgan fingerprint density at radius 3 is 2.44 bits per heavy atom. The summed E-state index contributed by atoms with van der Waals surface area (Å²) in [5.41, 5.74) is 1.76. The molecule has 1 aromatic rings. The Morgan fingerprint density at radius 1 is 1.38 bits per heavy atom. The van der Waals surface area contributed by atoms with Crippen molar-refractivity contribution in [2.24, 2.45) is 5.16 Å². The lowest BCUT2D eigenvalue weighted by molar-refractivity contribution is 0.101. The lowest BCUT2D eigenvalue weighted by Crippen LogP contribution is -2.11. The average molecular weight is 241 g/mol. The lowest BCUT2D eigenvalue weighted by Gasteiger charge is -2.14. The van der Waals surface area contributed by atoms with E-state index in [9.17, 15) is 4.79 Å². The number of nitrogens with zero attached hydrogens (tertiary/aromatic N) is 2. The summed E-state index contributed by atoms with van der Waals surface area (Å²) < 4.78 is 0. The number of hydrogen-bond donors (Lipinski definition) is 1. The third kappa shape index (κ3) is 2.52. The van der Waals surface area contributed by atoms with Crippen LogP contribution in [0, 0.1) is 0 Å². The Balaban J connectivity index is 3.36. The van der Waals surface area contributed by atoms with Gasteiger partial charge in [-0.25, -0.2) is 0 Å². The zero-order valence-corrected chi connectivity index (χ0v) is 10.1. The molecule has 0 saturated heterocycles. The zero-order valence-electron chi connectivity index (χ0n) is 9.36. The monoisotopic (exact) mass is 240 g/mol. The first-order chi connectivity index (χ1) is 7.47. The summed E-state index contributed by atoms with van der Waals surface area (Å²) in [7, 11) is 3.75. The van der Waals surface area contributed by atoms with Gasteiger partial charge in [-0.3, -0.25) is 4.79 Å². The fourth-order valence-electron chi connectivity index (χ4n) is 1.34. The largest absolute Gasteiger partial charge is 0.410 e. The van der Waals surface area contributed by atoms with Crippen LogP contribution in [-0.2, 0) is 0 Å². The third-order valence-corrected chi connectivity index (χ3v) is 2.49. The maximum Gasteiger partial charge on any atom is 0.176 e. The highest BCUT2D eigenvalue weighted by atomic mass is 35.5. The number of carbonyl (C=O) groups excluding carboxylic acids is 1. The van der Waals surface area contributed by atoms with Crippen LogP contribution in [0.25, 0.3) is 0 Å². The van der Waals surface area contributed by atoms with Gasteiger partial charge in [-0.15, -0.1) is 0 Å². The van der Waals surface area contributed by atoms with E-state index >= 15 is 0 Å². The highest BCUT2D eigenvalue weighted by Gasteiger charge is 2.13. The van der Waals surface area contributed by atoms with E-state index < -0.39 is 0 Å². The van der Waals surface area contributed by atoms with Crippen LogP contribution in [0.3, 0.4) is 0 Å². The molecule has 0 atom stereocenters. The van der Waals surface area contributed by atoms with Gasteiger partial charge in [0, 0.05) is 30.9 Å². The Hall–Kier alpha value is -1.55. The second-order valence-electron chi connectivity index (χ2n) is 3.57. The Morgan fingerprint density at radius 2 is 2.00 bits per heavy atom. The minimum atomic E-state index is -0.125. The molecule has 0 aromatic heterocycles. The fourth-order valence-corrected chi connectivity index (χ4v) is 1.50. The van der Waals surface area contributed by atoms with Gasteiger partial charge in [-0.1, -0.05) is 16.8 Å². The highest BCUT2D eigenvalue weighted by Crippen LogP contribution is 2.20. The van der Waals surface area contributed by atoms with E-state index in [1.807, 2.05) is 19.0 Å². The van der Waals surface area contributed by atoms with Gasteiger partial charge in [-0.05, 0) is 25.1 Å². The molecule has 16 heavy (non-hydrogen) atoms. The van der Waals surface area contributed by atoms with Gasteiger partial charge in [0.15, 0.2) is 11.0 Å². The van der Waals surface area contributed by atoms with Gasteiger partial charge in [0.05, 0.1) is 0 Å². The van der Waals surface area contributed by atoms with Gasteiger partial charge in [-0.2, -0.15) is 0 Å². The Labute approximate surface area is 99.1 Å². The van der Waals surface area contributed by atoms with Crippen molar-refractivity contribution >= 4 is 28.2 Å². The van der Waals surface area contributed by atoms with E-state index in [1.54, 1.807) is 18.2 Å². The number of Topliss-reactive ketones (excluding diaryl/α,β-unsaturated/α-hetero) is 1. The summed E-state index contributed by atoms with van der Waals surface area (Å²) in [5.74, 6) is -0.125. The van der Waals surface area contributed by atoms with E-state index in [2.05, 4.69) is 5.16 Å². The fraction of sp³-hybridized carbons (Fsp3) is 0.273. The number of oxime groups is 1. The van der Waals surface area contributed by atoms with Crippen LogP contribution in [0.2, 0.25) is 0 Å². The molecule has 0 bridgehead atoms. The minimum Gasteiger partial charge on any atom is -0.410 e. The van der Waals surface area contributed by atoms with Crippen LogP contribution >= 0.6 is 11.6 Å². The first kappa shape index (κ1) is 12.5. The summed E-state index contributed by atoms with van der Waals surface area (Å²) in [6.07, 6.45) is 0. The number of ketones is 1. The van der Waals surface area contributed by atoms with Gasteiger partial charge < -0.3 is 10.1 Å². The maximum atomic E-state index is 11.4. The van der Waals surface area contributed by atoms with E-state index in [1.165, 1.54) is 6.92 Å². The number of carbonyl (C=O) groups is 1. The molecule has 0 fully saturated rings. The van der Waals surface area contributed by atoms with Gasteiger partial charge >= 0.3 is 0 Å². The first-order valence-corrected chi connectivity index (χ1v) is 5.05. The second-order valence-corrected chi connectivity index (χ2v) is 3.93. The smallest absolute Gasteiger partial charge is 0.176 e. The predicted octanol–water partition coefficient (Wildman–Crippen LogP) is 2.33. The molecule has 0 amide bonds. The number of benzene rings is 1. The molecule has 0 radical (unpaired) electrons. The summed E-state index contributed by atoms with van der Waals surface area (Å²) in [4.78, 5) is 13.3. The van der Waals surface area contributed by atoms with E-state index in [-0.39, 0.29) is 11.0 Å². The molecule has 0 spiro atoms. The molecule has 86 valence electrons.